The molecule has 0 spiro atoms. The SMILES string of the molecule is CC(C)c1nnc(Cn2c(=O)oc3cc(S(=O)(=O)N(C)C)ccc32)o1. The van der Waals surface area contributed by atoms with Crippen LogP contribution >= 0.6 is 0 Å². The molecule has 0 atom stereocenters. The number of fused-ring (bicyclic) bond motifs is 1. The maximum absolute atomic E-state index is 12.2. The van der Waals surface area contributed by atoms with Gasteiger partial charge in [-0.3, -0.25) is 4.57 Å². The van der Waals surface area contributed by atoms with Gasteiger partial charge in [0.25, 0.3) is 0 Å². The molecule has 3 rings (SSSR count). The molecule has 25 heavy (non-hydrogen) atoms. The average molecular weight is 366 g/mol. The summed E-state index contributed by atoms with van der Waals surface area (Å²) in [6.07, 6.45) is 0. The van der Waals surface area contributed by atoms with Crippen molar-refractivity contribution in [3.05, 3.63) is 40.5 Å². The third-order valence-corrected chi connectivity index (χ3v) is 5.50. The van der Waals surface area contributed by atoms with Gasteiger partial charge < -0.3 is 8.83 Å². The molecule has 9 nitrogen and oxygen atoms in total. The number of benzene rings is 1. The van der Waals surface area contributed by atoms with Gasteiger partial charge >= 0.3 is 5.76 Å². The predicted octanol–water partition coefficient (Wildman–Crippen LogP) is 1.40. The summed E-state index contributed by atoms with van der Waals surface area (Å²) in [5.41, 5.74) is 0.628. The van der Waals surface area contributed by atoms with E-state index in [4.69, 9.17) is 8.83 Å². The van der Waals surface area contributed by atoms with Crippen LogP contribution in [0.1, 0.15) is 31.5 Å². The lowest BCUT2D eigenvalue weighted by molar-refractivity contribution is 0.414. The van der Waals surface area contributed by atoms with Crippen LogP contribution in [0.5, 0.6) is 0 Å². The van der Waals surface area contributed by atoms with Gasteiger partial charge in [0, 0.05) is 26.1 Å². The third-order valence-electron chi connectivity index (χ3n) is 3.69. The lowest BCUT2D eigenvalue weighted by atomic mass is 10.2. The second-order valence-electron chi connectivity index (χ2n) is 6.06. The van der Waals surface area contributed by atoms with E-state index in [1.807, 2.05) is 13.8 Å². The molecule has 3 aromatic rings. The maximum atomic E-state index is 12.2. The van der Waals surface area contributed by atoms with E-state index in [9.17, 15) is 13.2 Å². The number of hydrogen-bond acceptors (Lipinski definition) is 7. The fourth-order valence-corrected chi connectivity index (χ4v) is 3.18. The Balaban J connectivity index is 2.02. The van der Waals surface area contributed by atoms with Crippen LogP contribution in [0.4, 0.5) is 0 Å². The standard InChI is InChI=1S/C15H18N4O5S/c1-9(2)14-17-16-13(24-14)8-19-11-6-5-10(25(21,22)18(3)4)7-12(11)23-15(19)20/h5-7,9H,8H2,1-4H3. The summed E-state index contributed by atoms with van der Waals surface area (Å²) < 4.78 is 37.5. The van der Waals surface area contributed by atoms with E-state index in [0.717, 1.165) is 4.31 Å². The van der Waals surface area contributed by atoms with E-state index < -0.39 is 15.8 Å². The van der Waals surface area contributed by atoms with Crippen molar-refractivity contribution >= 4 is 21.1 Å². The van der Waals surface area contributed by atoms with Crippen molar-refractivity contribution in [1.29, 1.82) is 0 Å². The lowest BCUT2D eigenvalue weighted by Crippen LogP contribution is -2.22. The Kier molecular flexibility index (Phi) is 4.25. The van der Waals surface area contributed by atoms with Gasteiger partial charge in [-0.05, 0) is 12.1 Å². The van der Waals surface area contributed by atoms with Crippen LogP contribution in [0.3, 0.4) is 0 Å². The van der Waals surface area contributed by atoms with Gasteiger partial charge in [0.1, 0.15) is 6.54 Å². The zero-order valence-electron chi connectivity index (χ0n) is 14.3. The van der Waals surface area contributed by atoms with Crippen molar-refractivity contribution in [1.82, 2.24) is 19.1 Å². The summed E-state index contributed by atoms with van der Waals surface area (Å²) >= 11 is 0. The molecule has 0 fully saturated rings. The smallest absolute Gasteiger partial charge is 0.420 e. The Morgan fingerprint density at radius 3 is 2.52 bits per heavy atom. The maximum Gasteiger partial charge on any atom is 0.420 e. The molecule has 0 bridgehead atoms. The number of rotatable bonds is 5. The van der Waals surface area contributed by atoms with Crippen molar-refractivity contribution in [2.24, 2.45) is 0 Å². The fraction of sp³-hybridized carbons (Fsp3) is 0.400. The first-order chi connectivity index (χ1) is 11.7. The minimum Gasteiger partial charge on any atom is -0.423 e. The van der Waals surface area contributed by atoms with Crippen LogP contribution < -0.4 is 5.76 Å². The van der Waals surface area contributed by atoms with Crippen LogP contribution in [-0.2, 0) is 16.6 Å². The molecule has 134 valence electrons. The normalized spacial score (nSPS) is 12.6. The number of oxazole rings is 1. The summed E-state index contributed by atoms with van der Waals surface area (Å²) in [6.45, 7) is 3.89. The fourth-order valence-electron chi connectivity index (χ4n) is 2.27. The van der Waals surface area contributed by atoms with Gasteiger partial charge in [-0.25, -0.2) is 17.5 Å². The second-order valence-corrected chi connectivity index (χ2v) is 8.21. The molecule has 0 radical (unpaired) electrons. The minimum atomic E-state index is -3.62. The molecule has 2 heterocycles. The van der Waals surface area contributed by atoms with Gasteiger partial charge in [-0.15, -0.1) is 10.2 Å². The topological polar surface area (TPSA) is 111 Å². The Morgan fingerprint density at radius 1 is 1.20 bits per heavy atom. The van der Waals surface area contributed by atoms with Gasteiger partial charge in [0.05, 0.1) is 10.4 Å². The van der Waals surface area contributed by atoms with Gasteiger partial charge in [0.15, 0.2) is 5.58 Å². The monoisotopic (exact) mass is 366 g/mol. The van der Waals surface area contributed by atoms with Crippen molar-refractivity contribution < 1.29 is 17.3 Å². The molecular formula is C15H18N4O5S. The van der Waals surface area contributed by atoms with E-state index in [-0.39, 0.29) is 28.8 Å². The van der Waals surface area contributed by atoms with Crippen LogP contribution in [0.2, 0.25) is 0 Å². The summed E-state index contributed by atoms with van der Waals surface area (Å²) in [4.78, 5) is 12.2. The molecule has 2 aromatic heterocycles. The number of nitrogens with zero attached hydrogens (tertiary/aromatic N) is 4. The summed E-state index contributed by atoms with van der Waals surface area (Å²) in [5, 5.41) is 7.84. The van der Waals surface area contributed by atoms with E-state index in [0.29, 0.717) is 11.4 Å². The van der Waals surface area contributed by atoms with E-state index in [1.165, 1.54) is 36.9 Å². The van der Waals surface area contributed by atoms with Crippen molar-refractivity contribution in [2.45, 2.75) is 31.2 Å². The van der Waals surface area contributed by atoms with Crippen LogP contribution in [0.25, 0.3) is 11.1 Å². The Labute approximate surface area is 143 Å². The highest BCUT2D eigenvalue weighted by Crippen LogP contribution is 2.21. The first kappa shape index (κ1) is 17.4. The van der Waals surface area contributed by atoms with Crippen molar-refractivity contribution in [3.8, 4) is 0 Å². The molecule has 0 amide bonds. The second kappa shape index (κ2) is 6.12. The number of hydrogen-bond donors (Lipinski definition) is 0. The van der Waals surface area contributed by atoms with Gasteiger partial charge in [0.2, 0.25) is 21.8 Å². The molecule has 0 saturated carbocycles. The van der Waals surface area contributed by atoms with E-state index >= 15 is 0 Å². The predicted molar refractivity (Wildman–Crippen MR) is 88.8 cm³/mol. The van der Waals surface area contributed by atoms with Crippen molar-refractivity contribution in [3.63, 3.8) is 0 Å². The van der Waals surface area contributed by atoms with Gasteiger partial charge in [-0.2, -0.15) is 0 Å². The molecule has 0 N–H and O–H groups in total. The first-order valence-electron chi connectivity index (χ1n) is 7.58. The Morgan fingerprint density at radius 2 is 1.92 bits per heavy atom. The van der Waals surface area contributed by atoms with Crippen LogP contribution in [0.15, 0.2) is 36.7 Å². The highest BCUT2D eigenvalue weighted by atomic mass is 32.2. The highest BCUT2D eigenvalue weighted by Gasteiger charge is 2.20. The zero-order valence-corrected chi connectivity index (χ0v) is 15.1. The molecule has 0 aliphatic carbocycles. The number of aromatic nitrogens is 3. The quantitative estimate of drug-likeness (QED) is 0.671. The molecular weight excluding hydrogens is 348 g/mol. The van der Waals surface area contributed by atoms with Crippen molar-refractivity contribution in [2.75, 3.05) is 14.1 Å². The third kappa shape index (κ3) is 3.10. The summed E-state index contributed by atoms with van der Waals surface area (Å²) in [7, 11) is -0.749. The first-order valence-corrected chi connectivity index (χ1v) is 9.02. The molecule has 10 heteroatoms. The van der Waals surface area contributed by atoms with Gasteiger partial charge in [-0.1, -0.05) is 13.8 Å². The molecule has 1 aromatic carbocycles. The number of sulfonamides is 1. The molecule has 0 unspecified atom stereocenters. The van der Waals surface area contributed by atoms with Crippen LogP contribution in [-0.4, -0.2) is 41.6 Å². The molecule has 0 saturated heterocycles. The zero-order chi connectivity index (χ0) is 18.4. The largest absolute Gasteiger partial charge is 0.423 e. The lowest BCUT2D eigenvalue weighted by Gasteiger charge is -2.10. The average Bonchev–Trinajstić information content (AvgIpc) is 3.12. The summed E-state index contributed by atoms with van der Waals surface area (Å²) in [6, 6.07) is 4.28. The molecule has 0 aliphatic heterocycles. The molecule has 0 aliphatic rings. The Bertz CT molecular complexity index is 1070. The highest BCUT2D eigenvalue weighted by molar-refractivity contribution is 7.89. The summed E-state index contributed by atoms with van der Waals surface area (Å²) in [5.74, 6) is 0.213. The van der Waals surface area contributed by atoms with E-state index in [1.54, 1.807) is 0 Å². The minimum absolute atomic E-state index is 0.0470. The van der Waals surface area contributed by atoms with E-state index in [2.05, 4.69) is 10.2 Å². The van der Waals surface area contributed by atoms with Crippen LogP contribution in [0, 0.1) is 0 Å². The Hall–Kier alpha value is -2.46.